The molecule has 0 atom stereocenters. The molecule has 4 aromatic heterocycles. The molecule has 0 amide bonds. The molecular formula is C58H34N4O. The van der Waals surface area contributed by atoms with E-state index in [-0.39, 0.29) is 0 Å². The summed E-state index contributed by atoms with van der Waals surface area (Å²) in [4.78, 5) is 11.3. The van der Waals surface area contributed by atoms with E-state index in [9.17, 15) is 0 Å². The maximum atomic E-state index is 6.99. The van der Waals surface area contributed by atoms with Crippen LogP contribution in [0, 0.1) is 0 Å². The van der Waals surface area contributed by atoms with Crippen molar-refractivity contribution in [1.82, 2.24) is 19.1 Å². The normalized spacial score (nSPS) is 12.1. The minimum Gasteiger partial charge on any atom is -0.454 e. The summed E-state index contributed by atoms with van der Waals surface area (Å²) in [6, 6.07) is 73.5. The van der Waals surface area contributed by atoms with Gasteiger partial charge in [0.15, 0.2) is 5.58 Å². The van der Waals surface area contributed by atoms with Gasteiger partial charge in [0.1, 0.15) is 11.1 Å². The zero-order chi connectivity index (χ0) is 41.2. The van der Waals surface area contributed by atoms with Crippen LogP contribution in [0.5, 0.6) is 0 Å². The summed E-state index contributed by atoms with van der Waals surface area (Å²) in [5, 5.41) is 12.4. The Morgan fingerprint density at radius 3 is 1.81 bits per heavy atom. The van der Waals surface area contributed by atoms with E-state index < -0.39 is 0 Å². The topological polar surface area (TPSA) is 48.8 Å². The second kappa shape index (κ2) is 13.0. The average Bonchev–Trinajstić information content (AvgIpc) is 4.02. The van der Waals surface area contributed by atoms with Gasteiger partial charge in [0.25, 0.3) is 0 Å². The van der Waals surface area contributed by atoms with Crippen molar-refractivity contribution in [2.45, 2.75) is 0 Å². The molecule has 0 aliphatic heterocycles. The van der Waals surface area contributed by atoms with Gasteiger partial charge in [0.2, 0.25) is 5.95 Å². The van der Waals surface area contributed by atoms with Crippen LogP contribution >= 0.6 is 0 Å². The fraction of sp³-hybridized carbons (Fsp3) is 0. The van der Waals surface area contributed by atoms with Crippen molar-refractivity contribution in [3.8, 4) is 34.0 Å². The van der Waals surface area contributed by atoms with E-state index in [0.717, 1.165) is 115 Å². The second-order valence-electron chi connectivity index (χ2n) is 16.5. The number of aromatic nitrogens is 4. The van der Waals surface area contributed by atoms with Crippen LogP contribution in [-0.4, -0.2) is 19.1 Å². The highest BCUT2D eigenvalue weighted by molar-refractivity contribution is 6.35. The minimum atomic E-state index is 0.587. The Kier molecular flexibility index (Phi) is 7.05. The van der Waals surface area contributed by atoms with Gasteiger partial charge in [-0.05, 0) is 87.3 Å². The monoisotopic (exact) mass is 802 g/mol. The Hall–Kier alpha value is -8.54. The summed E-state index contributed by atoms with van der Waals surface area (Å²) in [5.74, 6) is 0.587. The fourth-order valence-corrected chi connectivity index (χ4v) is 10.4. The minimum absolute atomic E-state index is 0.587. The molecule has 0 saturated heterocycles. The standard InChI is InChI=1S/C58H34N4O/c1-3-15-35(16-4-1)37-28-31-50-46(33-37)52-42-22-9-10-23-43(42)53-44-24-12-14-26-51(44)63-57(53)56(52)62(50)58-59-47-30-27-36-17-7-8-20-40(36)54(47)55(60-58)38-29-32-49-45(34-38)41-21-11-13-25-48(41)61(49)39-18-5-2-6-19-39/h1-34H. The number of benzene rings is 10. The van der Waals surface area contributed by atoms with Crippen LogP contribution in [0.1, 0.15) is 0 Å². The van der Waals surface area contributed by atoms with Crippen LogP contribution in [0.25, 0.3) is 132 Å². The largest absolute Gasteiger partial charge is 0.454 e. The molecule has 0 radical (unpaired) electrons. The molecule has 0 aliphatic rings. The van der Waals surface area contributed by atoms with Gasteiger partial charge in [0, 0.05) is 49.0 Å². The molecule has 292 valence electrons. The molecule has 0 fully saturated rings. The molecule has 10 aromatic carbocycles. The van der Waals surface area contributed by atoms with E-state index in [1.165, 1.54) is 10.8 Å². The lowest BCUT2D eigenvalue weighted by molar-refractivity contribution is 0.671. The number of hydrogen-bond donors (Lipinski definition) is 0. The summed E-state index contributed by atoms with van der Waals surface area (Å²) < 4.78 is 11.6. The van der Waals surface area contributed by atoms with E-state index >= 15 is 0 Å². The summed E-state index contributed by atoms with van der Waals surface area (Å²) in [5.41, 5.74) is 12.1. The Morgan fingerprint density at radius 1 is 0.365 bits per heavy atom. The van der Waals surface area contributed by atoms with Crippen LogP contribution in [-0.2, 0) is 0 Å². The third-order valence-corrected chi connectivity index (χ3v) is 13.1. The lowest BCUT2D eigenvalue weighted by Crippen LogP contribution is -2.04. The lowest BCUT2D eigenvalue weighted by Gasteiger charge is -2.14. The van der Waals surface area contributed by atoms with Crippen molar-refractivity contribution >= 4 is 98.0 Å². The second-order valence-corrected chi connectivity index (χ2v) is 16.5. The summed E-state index contributed by atoms with van der Waals surface area (Å²) >= 11 is 0. The van der Waals surface area contributed by atoms with Crippen LogP contribution in [0.3, 0.4) is 0 Å². The predicted molar refractivity (Wildman–Crippen MR) is 261 cm³/mol. The van der Waals surface area contributed by atoms with Crippen LogP contribution < -0.4 is 0 Å². The molecule has 4 heterocycles. The molecule has 0 saturated carbocycles. The van der Waals surface area contributed by atoms with Gasteiger partial charge in [0.05, 0.1) is 27.8 Å². The number of fused-ring (bicyclic) bond motifs is 16. The van der Waals surface area contributed by atoms with E-state index in [1.807, 2.05) is 6.07 Å². The van der Waals surface area contributed by atoms with Crippen LogP contribution in [0.4, 0.5) is 0 Å². The number of para-hydroxylation sites is 3. The van der Waals surface area contributed by atoms with Gasteiger partial charge in [-0.1, -0.05) is 152 Å². The lowest BCUT2D eigenvalue weighted by atomic mass is 9.97. The Labute approximate surface area is 360 Å². The molecule has 14 rings (SSSR count). The summed E-state index contributed by atoms with van der Waals surface area (Å²) in [7, 11) is 0. The van der Waals surface area contributed by atoms with E-state index in [4.69, 9.17) is 14.4 Å². The number of furan rings is 1. The van der Waals surface area contributed by atoms with Crippen molar-refractivity contribution in [2.75, 3.05) is 0 Å². The van der Waals surface area contributed by atoms with E-state index in [2.05, 4.69) is 209 Å². The average molecular weight is 803 g/mol. The zero-order valence-electron chi connectivity index (χ0n) is 33.8. The molecule has 63 heavy (non-hydrogen) atoms. The zero-order valence-corrected chi connectivity index (χ0v) is 33.8. The molecule has 0 aliphatic carbocycles. The smallest absolute Gasteiger partial charge is 0.235 e. The van der Waals surface area contributed by atoms with Crippen molar-refractivity contribution < 1.29 is 4.42 Å². The quantitative estimate of drug-likeness (QED) is 0.167. The van der Waals surface area contributed by atoms with Gasteiger partial charge in [-0.15, -0.1) is 0 Å². The fourth-order valence-electron chi connectivity index (χ4n) is 10.4. The van der Waals surface area contributed by atoms with Crippen molar-refractivity contribution in [3.05, 3.63) is 206 Å². The van der Waals surface area contributed by atoms with E-state index in [0.29, 0.717) is 5.95 Å². The van der Waals surface area contributed by atoms with Crippen molar-refractivity contribution in [1.29, 1.82) is 0 Å². The Morgan fingerprint density at radius 2 is 0.984 bits per heavy atom. The number of rotatable bonds is 4. The first-order chi connectivity index (χ1) is 31.3. The molecule has 0 bridgehead atoms. The Bertz CT molecular complexity index is 4200. The molecule has 0 spiro atoms. The molecule has 14 aromatic rings. The van der Waals surface area contributed by atoms with Gasteiger partial charge in [-0.2, -0.15) is 0 Å². The van der Waals surface area contributed by atoms with Gasteiger partial charge < -0.3 is 8.98 Å². The van der Waals surface area contributed by atoms with Gasteiger partial charge in [-0.3, -0.25) is 4.57 Å². The number of nitrogens with zero attached hydrogens (tertiary/aromatic N) is 4. The highest BCUT2D eigenvalue weighted by Gasteiger charge is 2.26. The van der Waals surface area contributed by atoms with Gasteiger partial charge in [-0.25, -0.2) is 9.97 Å². The first kappa shape index (κ1) is 34.2. The third kappa shape index (κ3) is 4.87. The maximum Gasteiger partial charge on any atom is 0.235 e. The summed E-state index contributed by atoms with van der Waals surface area (Å²) in [6.07, 6.45) is 0. The highest BCUT2D eigenvalue weighted by Crippen LogP contribution is 2.47. The van der Waals surface area contributed by atoms with E-state index in [1.54, 1.807) is 0 Å². The number of hydrogen-bond acceptors (Lipinski definition) is 3. The van der Waals surface area contributed by atoms with Crippen LogP contribution in [0.15, 0.2) is 211 Å². The first-order valence-electron chi connectivity index (χ1n) is 21.4. The molecule has 0 N–H and O–H groups in total. The summed E-state index contributed by atoms with van der Waals surface area (Å²) in [6.45, 7) is 0. The van der Waals surface area contributed by atoms with Crippen molar-refractivity contribution in [2.24, 2.45) is 0 Å². The first-order valence-corrected chi connectivity index (χ1v) is 21.4. The highest BCUT2D eigenvalue weighted by atomic mass is 16.3. The Balaban J connectivity index is 1.14. The third-order valence-electron chi connectivity index (χ3n) is 13.1. The maximum absolute atomic E-state index is 6.99. The molecule has 5 nitrogen and oxygen atoms in total. The van der Waals surface area contributed by atoms with Gasteiger partial charge >= 0.3 is 0 Å². The van der Waals surface area contributed by atoms with Crippen LogP contribution in [0.2, 0.25) is 0 Å². The SMILES string of the molecule is c1ccc(-c2ccc3c(c2)c2c4ccccc4c4c5ccccc5oc4c2n3-c2nc(-c3ccc4c(c3)c3ccccc3n4-c3ccccc3)c3c(ccc4ccccc43)n2)cc1. The molecule has 0 unspecified atom stereocenters. The molecular weight excluding hydrogens is 769 g/mol. The molecule has 5 heteroatoms. The van der Waals surface area contributed by atoms with Crippen molar-refractivity contribution in [3.63, 3.8) is 0 Å². The predicted octanol–water partition coefficient (Wildman–Crippen LogP) is 15.4.